The molecule has 2 aromatic heterocycles. The van der Waals surface area contributed by atoms with Gasteiger partial charge in [0.25, 0.3) is 0 Å². The van der Waals surface area contributed by atoms with E-state index in [0.717, 1.165) is 56.4 Å². The molecule has 2 atom stereocenters. The molecule has 0 aliphatic carbocycles. The zero-order valence-electron chi connectivity index (χ0n) is 15.2. The number of aromatic nitrogens is 4. The Labute approximate surface area is 148 Å². The minimum Gasteiger partial charge on any atom is -0.378 e. The molecule has 4 heterocycles. The van der Waals surface area contributed by atoms with Gasteiger partial charge in [0, 0.05) is 26.2 Å². The number of hydrogen-bond donors (Lipinski definition) is 1. The molecule has 2 aliphatic heterocycles. The summed E-state index contributed by atoms with van der Waals surface area (Å²) in [6.07, 6.45) is 1.66. The third-order valence-electron chi connectivity index (χ3n) is 5.28. The maximum absolute atomic E-state index is 5.82. The zero-order chi connectivity index (χ0) is 17.4. The number of piperazine rings is 1. The molecule has 2 fully saturated rings. The fourth-order valence-electron chi connectivity index (χ4n) is 3.63. The van der Waals surface area contributed by atoms with Gasteiger partial charge >= 0.3 is 0 Å². The Bertz CT molecular complexity index is 723. The summed E-state index contributed by atoms with van der Waals surface area (Å²) in [6.45, 7) is 10.2. The first-order valence-corrected chi connectivity index (χ1v) is 9.09. The van der Waals surface area contributed by atoms with Crippen LogP contribution in [-0.4, -0.2) is 88.1 Å². The zero-order valence-corrected chi connectivity index (χ0v) is 15.2. The molecule has 8 nitrogen and oxygen atoms in total. The van der Waals surface area contributed by atoms with E-state index in [2.05, 4.69) is 57.4 Å². The molecule has 0 aromatic carbocycles. The third-order valence-corrected chi connectivity index (χ3v) is 5.28. The van der Waals surface area contributed by atoms with Gasteiger partial charge in [-0.05, 0) is 19.0 Å². The molecule has 0 bridgehead atoms. The van der Waals surface area contributed by atoms with Gasteiger partial charge < -0.3 is 15.0 Å². The van der Waals surface area contributed by atoms with Crippen LogP contribution >= 0.6 is 0 Å². The summed E-state index contributed by atoms with van der Waals surface area (Å²) in [6, 6.07) is 2.76. The van der Waals surface area contributed by atoms with E-state index in [4.69, 9.17) is 4.74 Å². The summed E-state index contributed by atoms with van der Waals surface area (Å²) >= 11 is 0. The lowest BCUT2D eigenvalue weighted by molar-refractivity contribution is 0.0949. The second-order valence-corrected chi connectivity index (χ2v) is 7.43. The summed E-state index contributed by atoms with van der Waals surface area (Å²) < 4.78 is 7.58. The maximum Gasteiger partial charge on any atom is 0.200 e. The van der Waals surface area contributed by atoms with Crippen molar-refractivity contribution in [3.8, 4) is 0 Å². The quantitative estimate of drug-likeness (QED) is 0.873. The number of fused-ring (bicyclic) bond motifs is 1. The average Bonchev–Trinajstić information content (AvgIpc) is 3.24. The second kappa shape index (κ2) is 6.86. The average molecular weight is 345 g/mol. The van der Waals surface area contributed by atoms with Crippen molar-refractivity contribution in [3.63, 3.8) is 0 Å². The molecule has 4 rings (SSSR count). The van der Waals surface area contributed by atoms with Crippen LogP contribution < -0.4 is 5.32 Å². The summed E-state index contributed by atoms with van der Waals surface area (Å²) in [4.78, 5) is 4.93. The molecule has 2 aromatic rings. The van der Waals surface area contributed by atoms with Crippen LogP contribution in [0.2, 0.25) is 0 Å². The molecular weight excluding hydrogens is 318 g/mol. The predicted octanol–water partition coefficient (Wildman–Crippen LogP) is 0.674. The highest BCUT2D eigenvalue weighted by molar-refractivity contribution is 5.67. The van der Waals surface area contributed by atoms with Crippen LogP contribution in [0.5, 0.6) is 0 Å². The van der Waals surface area contributed by atoms with Crippen LogP contribution in [0.1, 0.15) is 25.5 Å². The van der Waals surface area contributed by atoms with Gasteiger partial charge in [-0.3, -0.25) is 4.90 Å². The number of nitrogens with zero attached hydrogens (tertiary/aromatic N) is 6. The molecule has 0 saturated carbocycles. The number of nitrogens with one attached hydrogen (secondary N) is 1. The van der Waals surface area contributed by atoms with Gasteiger partial charge in [-0.2, -0.15) is 9.61 Å². The Hall–Kier alpha value is -1.77. The van der Waals surface area contributed by atoms with Crippen LogP contribution in [0.25, 0.3) is 5.65 Å². The second-order valence-electron chi connectivity index (χ2n) is 7.43. The van der Waals surface area contributed by atoms with E-state index in [0.29, 0.717) is 12.0 Å². The standard InChI is InChI=1S/C17H27N7O/c1-12(2)13-8-14(17-20-18-11-24(17)21-13)19-15-9-25-10-16(15)23-6-4-22(3)5-7-23/h8,11-12,15-16,19H,4-7,9-10H2,1-3H3/t15-,16-/m0/s1. The number of anilines is 1. The monoisotopic (exact) mass is 345 g/mol. The molecule has 136 valence electrons. The van der Waals surface area contributed by atoms with Crippen LogP contribution in [-0.2, 0) is 4.74 Å². The highest BCUT2D eigenvalue weighted by atomic mass is 16.5. The summed E-state index contributed by atoms with van der Waals surface area (Å²) in [5.74, 6) is 0.348. The summed E-state index contributed by atoms with van der Waals surface area (Å²) in [7, 11) is 2.19. The molecule has 0 radical (unpaired) electrons. The van der Waals surface area contributed by atoms with Crippen molar-refractivity contribution in [1.82, 2.24) is 29.6 Å². The minimum atomic E-state index is 0.256. The van der Waals surface area contributed by atoms with E-state index in [1.807, 2.05) is 0 Å². The van der Waals surface area contributed by atoms with Crippen LogP contribution in [0.3, 0.4) is 0 Å². The Morgan fingerprint density at radius 3 is 2.76 bits per heavy atom. The molecular formula is C17H27N7O. The number of hydrogen-bond acceptors (Lipinski definition) is 7. The van der Waals surface area contributed by atoms with Crippen molar-refractivity contribution >= 4 is 11.3 Å². The Balaban J connectivity index is 1.56. The molecule has 1 N–H and O–H groups in total. The maximum atomic E-state index is 5.82. The smallest absolute Gasteiger partial charge is 0.200 e. The highest BCUT2D eigenvalue weighted by Gasteiger charge is 2.34. The Morgan fingerprint density at radius 2 is 2.00 bits per heavy atom. The van der Waals surface area contributed by atoms with E-state index >= 15 is 0 Å². The van der Waals surface area contributed by atoms with Gasteiger partial charge in [0.05, 0.1) is 36.7 Å². The van der Waals surface area contributed by atoms with Gasteiger partial charge in [-0.25, -0.2) is 0 Å². The van der Waals surface area contributed by atoms with E-state index in [9.17, 15) is 0 Å². The van der Waals surface area contributed by atoms with Crippen molar-refractivity contribution in [3.05, 3.63) is 18.1 Å². The van der Waals surface area contributed by atoms with Crippen molar-refractivity contribution in [2.75, 3.05) is 51.8 Å². The van der Waals surface area contributed by atoms with Gasteiger partial charge in [0.2, 0.25) is 5.65 Å². The highest BCUT2D eigenvalue weighted by Crippen LogP contribution is 2.24. The first kappa shape index (κ1) is 16.7. The van der Waals surface area contributed by atoms with Crippen molar-refractivity contribution < 1.29 is 4.74 Å². The molecule has 2 aliphatic rings. The van der Waals surface area contributed by atoms with E-state index in [-0.39, 0.29) is 6.04 Å². The van der Waals surface area contributed by atoms with Crippen LogP contribution in [0.15, 0.2) is 12.4 Å². The van der Waals surface area contributed by atoms with Gasteiger partial charge in [-0.1, -0.05) is 13.8 Å². The lowest BCUT2D eigenvalue weighted by Crippen LogP contribution is -2.54. The van der Waals surface area contributed by atoms with Crippen LogP contribution in [0.4, 0.5) is 5.69 Å². The van der Waals surface area contributed by atoms with Gasteiger partial charge in [-0.15, -0.1) is 10.2 Å². The van der Waals surface area contributed by atoms with E-state index < -0.39 is 0 Å². The van der Waals surface area contributed by atoms with Crippen molar-refractivity contribution in [1.29, 1.82) is 0 Å². The molecule has 0 spiro atoms. The van der Waals surface area contributed by atoms with E-state index in [1.165, 1.54) is 0 Å². The molecule has 2 saturated heterocycles. The minimum absolute atomic E-state index is 0.256. The molecule has 0 unspecified atom stereocenters. The Morgan fingerprint density at radius 1 is 1.20 bits per heavy atom. The SMILES string of the molecule is CC(C)c1cc(N[C@H]2COC[C@@H]2N2CCN(C)CC2)c2nncn2n1. The number of likely N-dealkylation sites (N-methyl/N-ethyl adjacent to an activating group) is 1. The van der Waals surface area contributed by atoms with Crippen LogP contribution in [0, 0.1) is 0 Å². The lowest BCUT2D eigenvalue weighted by atomic mass is 10.1. The third kappa shape index (κ3) is 3.33. The lowest BCUT2D eigenvalue weighted by Gasteiger charge is -2.38. The van der Waals surface area contributed by atoms with Crippen molar-refractivity contribution in [2.24, 2.45) is 0 Å². The van der Waals surface area contributed by atoms with E-state index in [1.54, 1.807) is 10.8 Å². The molecule has 25 heavy (non-hydrogen) atoms. The van der Waals surface area contributed by atoms with Crippen molar-refractivity contribution in [2.45, 2.75) is 31.8 Å². The normalized spacial score (nSPS) is 25.9. The predicted molar refractivity (Wildman–Crippen MR) is 96.0 cm³/mol. The van der Waals surface area contributed by atoms with Gasteiger partial charge in [0.15, 0.2) is 0 Å². The summed E-state index contributed by atoms with van der Waals surface area (Å²) in [5.41, 5.74) is 2.80. The number of rotatable bonds is 4. The number of ether oxygens (including phenoxy) is 1. The first-order valence-electron chi connectivity index (χ1n) is 9.09. The first-order chi connectivity index (χ1) is 12.1. The molecule has 0 amide bonds. The topological polar surface area (TPSA) is 70.8 Å². The largest absolute Gasteiger partial charge is 0.378 e. The van der Waals surface area contributed by atoms with Gasteiger partial charge in [0.1, 0.15) is 6.33 Å². The fourth-order valence-corrected chi connectivity index (χ4v) is 3.63. The summed E-state index contributed by atoms with van der Waals surface area (Å²) in [5, 5.41) is 16.5. The Kier molecular flexibility index (Phi) is 4.58. The molecule has 8 heteroatoms. The fraction of sp³-hybridized carbons (Fsp3) is 0.706.